The number of furan rings is 1. The first-order valence-electron chi connectivity index (χ1n) is 8.48. The van der Waals surface area contributed by atoms with E-state index in [4.69, 9.17) is 19.3 Å². The number of hydrogen-bond donors (Lipinski definition) is 0. The van der Waals surface area contributed by atoms with E-state index in [1.165, 1.54) is 24.3 Å². The fourth-order valence-corrected chi connectivity index (χ4v) is 2.72. The van der Waals surface area contributed by atoms with E-state index >= 15 is 0 Å². The van der Waals surface area contributed by atoms with Gasteiger partial charge in [0.05, 0.1) is 22.8 Å². The zero-order valence-corrected chi connectivity index (χ0v) is 14.8. The number of carbonyl (C=O) groups is 3. The molecule has 0 spiro atoms. The van der Waals surface area contributed by atoms with Gasteiger partial charge in [-0.3, -0.25) is 9.59 Å². The molecule has 2 aromatic carbocycles. The highest BCUT2D eigenvalue weighted by molar-refractivity contribution is 6.21. The monoisotopic (exact) mass is 388 g/mol. The van der Waals surface area contributed by atoms with E-state index in [1.807, 2.05) is 6.07 Å². The molecule has 8 heteroatoms. The Bertz CT molecular complexity index is 1120. The predicted molar refractivity (Wildman–Crippen MR) is 96.6 cm³/mol. The second-order valence-electron chi connectivity index (χ2n) is 6.02. The summed E-state index contributed by atoms with van der Waals surface area (Å²) in [5, 5.41) is 9.20. The number of imide groups is 1. The van der Waals surface area contributed by atoms with Crippen molar-refractivity contribution >= 4 is 17.8 Å². The molecular formula is C21H12N2O6. The van der Waals surface area contributed by atoms with Crippen molar-refractivity contribution in [2.45, 2.75) is 6.61 Å². The van der Waals surface area contributed by atoms with E-state index < -0.39 is 17.8 Å². The molecule has 0 atom stereocenters. The lowest BCUT2D eigenvalue weighted by Gasteiger charge is -2.11. The van der Waals surface area contributed by atoms with Gasteiger partial charge in [-0.2, -0.15) is 5.26 Å². The summed E-state index contributed by atoms with van der Waals surface area (Å²) in [7, 11) is 0. The molecule has 0 aliphatic carbocycles. The van der Waals surface area contributed by atoms with E-state index in [9.17, 15) is 14.4 Å². The number of hydroxylamine groups is 2. The highest BCUT2D eigenvalue weighted by Crippen LogP contribution is 2.24. The van der Waals surface area contributed by atoms with Crippen molar-refractivity contribution in [3.8, 4) is 11.8 Å². The first-order chi connectivity index (χ1) is 14.1. The molecule has 3 aromatic rings. The van der Waals surface area contributed by atoms with E-state index in [2.05, 4.69) is 0 Å². The summed E-state index contributed by atoms with van der Waals surface area (Å²) in [5.74, 6) is -1.73. The molecule has 0 N–H and O–H groups in total. The lowest BCUT2D eigenvalue weighted by Crippen LogP contribution is -2.32. The first-order valence-corrected chi connectivity index (χ1v) is 8.48. The molecule has 0 fully saturated rings. The number of hydrogen-bond acceptors (Lipinski definition) is 7. The molecule has 1 aliphatic heterocycles. The number of nitrogens with zero attached hydrogens (tertiary/aromatic N) is 2. The maximum atomic E-state index is 12.3. The van der Waals surface area contributed by atoms with Gasteiger partial charge in [-0.1, -0.05) is 17.2 Å². The summed E-state index contributed by atoms with van der Waals surface area (Å²) in [4.78, 5) is 41.7. The number of fused-ring (bicyclic) bond motifs is 1. The second-order valence-corrected chi connectivity index (χ2v) is 6.02. The van der Waals surface area contributed by atoms with Gasteiger partial charge < -0.3 is 14.0 Å². The van der Waals surface area contributed by atoms with Gasteiger partial charge in [0, 0.05) is 0 Å². The minimum absolute atomic E-state index is 0.0339. The van der Waals surface area contributed by atoms with Crippen LogP contribution in [0.15, 0.2) is 65.1 Å². The maximum absolute atomic E-state index is 12.3. The van der Waals surface area contributed by atoms with Gasteiger partial charge in [-0.15, -0.1) is 0 Å². The Morgan fingerprint density at radius 1 is 0.966 bits per heavy atom. The van der Waals surface area contributed by atoms with Crippen LogP contribution < -0.4 is 4.74 Å². The van der Waals surface area contributed by atoms with Crippen molar-refractivity contribution in [3.63, 3.8) is 0 Å². The van der Waals surface area contributed by atoms with Gasteiger partial charge in [-0.25, -0.2) is 4.79 Å². The van der Waals surface area contributed by atoms with Crippen LogP contribution in [0.5, 0.6) is 5.75 Å². The summed E-state index contributed by atoms with van der Waals surface area (Å²) < 4.78 is 10.9. The van der Waals surface area contributed by atoms with Crippen LogP contribution in [0.2, 0.25) is 0 Å². The summed E-state index contributed by atoms with van der Waals surface area (Å²) in [6.45, 7) is 0.0339. The Morgan fingerprint density at radius 3 is 2.24 bits per heavy atom. The van der Waals surface area contributed by atoms with Crippen molar-refractivity contribution in [2.24, 2.45) is 0 Å². The lowest BCUT2D eigenvalue weighted by atomic mass is 10.1. The third kappa shape index (κ3) is 3.44. The number of benzene rings is 2. The SMILES string of the molecule is N#Cc1ccc(OCc2ccc(C(=O)ON3C(=O)c4ccccc4C3=O)o2)cc1. The molecule has 1 aliphatic rings. The minimum Gasteiger partial charge on any atom is -0.486 e. The molecule has 1 aromatic heterocycles. The van der Waals surface area contributed by atoms with Crippen LogP contribution in [0, 0.1) is 11.3 Å². The maximum Gasteiger partial charge on any atom is 0.399 e. The van der Waals surface area contributed by atoms with Crippen molar-refractivity contribution in [1.82, 2.24) is 5.06 Å². The van der Waals surface area contributed by atoms with Gasteiger partial charge in [0.15, 0.2) is 0 Å². The fraction of sp³-hybridized carbons (Fsp3) is 0.0476. The molecule has 0 bridgehead atoms. The van der Waals surface area contributed by atoms with Crippen molar-refractivity contribution in [3.05, 3.63) is 88.9 Å². The Labute approximate surface area is 164 Å². The van der Waals surface area contributed by atoms with Gasteiger partial charge >= 0.3 is 5.97 Å². The number of carbonyl (C=O) groups excluding carboxylic acids is 3. The molecule has 142 valence electrons. The molecule has 0 saturated carbocycles. The van der Waals surface area contributed by atoms with Crippen molar-refractivity contribution < 1.29 is 28.4 Å². The third-order valence-electron chi connectivity index (χ3n) is 4.16. The number of rotatable bonds is 5. The lowest BCUT2D eigenvalue weighted by molar-refractivity contribution is -0.0604. The van der Waals surface area contributed by atoms with Crippen LogP contribution in [0.25, 0.3) is 0 Å². The number of nitriles is 1. The smallest absolute Gasteiger partial charge is 0.399 e. The summed E-state index contributed by atoms with van der Waals surface area (Å²) in [6, 6.07) is 17.6. The first kappa shape index (κ1) is 18.0. The van der Waals surface area contributed by atoms with Crippen LogP contribution in [-0.2, 0) is 11.4 Å². The summed E-state index contributed by atoms with van der Waals surface area (Å²) >= 11 is 0. The quantitative estimate of drug-likeness (QED) is 0.618. The average molecular weight is 388 g/mol. The molecule has 0 unspecified atom stereocenters. The highest BCUT2D eigenvalue weighted by atomic mass is 16.7. The Balaban J connectivity index is 1.39. The van der Waals surface area contributed by atoms with Crippen LogP contribution >= 0.6 is 0 Å². The Kier molecular flexibility index (Phi) is 4.55. The number of ether oxygens (including phenoxy) is 1. The Morgan fingerprint density at radius 2 is 1.62 bits per heavy atom. The van der Waals surface area contributed by atoms with Crippen LogP contribution in [-0.4, -0.2) is 22.8 Å². The third-order valence-corrected chi connectivity index (χ3v) is 4.16. The van der Waals surface area contributed by atoms with Crippen LogP contribution in [0.4, 0.5) is 0 Å². The molecule has 8 nitrogen and oxygen atoms in total. The van der Waals surface area contributed by atoms with Crippen molar-refractivity contribution in [2.75, 3.05) is 0 Å². The topological polar surface area (TPSA) is 110 Å². The van der Waals surface area contributed by atoms with E-state index in [0.717, 1.165) is 0 Å². The highest BCUT2D eigenvalue weighted by Gasteiger charge is 2.39. The molecule has 0 saturated heterocycles. The second kappa shape index (κ2) is 7.32. The van der Waals surface area contributed by atoms with Crippen LogP contribution in [0.3, 0.4) is 0 Å². The van der Waals surface area contributed by atoms with E-state index in [-0.39, 0.29) is 23.5 Å². The van der Waals surface area contributed by atoms with E-state index in [0.29, 0.717) is 22.1 Å². The van der Waals surface area contributed by atoms with Gasteiger partial charge in [-0.05, 0) is 48.5 Å². The Hall–Kier alpha value is -4.38. The zero-order chi connectivity index (χ0) is 20.4. The zero-order valence-electron chi connectivity index (χ0n) is 14.8. The predicted octanol–water partition coefficient (Wildman–Crippen LogP) is 3.10. The molecule has 29 heavy (non-hydrogen) atoms. The summed E-state index contributed by atoms with van der Waals surface area (Å²) in [5.41, 5.74) is 0.844. The normalized spacial score (nSPS) is 12.4. The minimum atomic E-state index is -0.982. The van der Waals surface area contributed by atoms with Gasteiger partial charge in [0.2, 0.25) is 5.76 Å². The summed E-state index contributed by atoms with van der Waals surface area (Å²) in [6.07, 6.45) is 0. The van der Waals surface area contributed by atoms with Crippen molar-refractivity contribution in [1.29, 1.82) is 5.26 Å². The van der Waals surface area contributed by atoms with Gasteiger partial charge in [0.1, 0.15) is 18.1 Å². The van der Waals surface area contributed by atoms with E-state index in [1.54, 1.807) is 36.4 Å². The largest absolute Gasteiger partial charge is 0.486 e. The van der Waals surface area contributed by atoms with Gasteiger partial charge in [0.25, 0.3) is 11.8 Å². The molecule has 2 heterocycles. The molecular weight excluding hydrogens is 376 g/mol. The molecule has 4 rings (SSSR count). The van der Waals surface area contributed by atoms with Crippen LogP contribution in [0.1, 0.15) is 42.6 Å². The standard InChI is InChI=1S/C21H12N2O6/c22-11-13-5-7-14(8-6-13)27-12-15-9-10-18(28-15)21(26)29-23-19(24)16-3-1-2-4-17(16)20(23)25/h1-10H,12H2. The molecule has 0 radical (unpaired) electrons. The molecule has 2 amide bonds. The average Bonchev–Trinajstić information content (AvgIpc) is 3.32. The fourth-order valence-electron chi connectivity index (χ4n) is 2.72. The number of amides is 2.